The number of anilines is 1. The number of aryl methyl sites for hydroxylation is 1. The highest BCUT2D eigenvalue weighted by atomic mass is 15.3. The summed E-state index contributed by atoms with van der Waals surface area (Å²) < 4.78 is 1.56. The van der Waals surface area contributed by atoms with Gasteiger partial charge in [0.05, 0.1) is 17.2 Å². The molecule has 1 aromatic heterocycles. The quantitative estimate of drug-likeness (QED) is 0.667. The van der Waals surface area contributed by atoms with E-state index in [1.54, 1.807) is 17.8 Å². The van der Waals surface area contributed by atoms with Gasteiger partial charge in [-0.15, -0.1) is 0 Å². The van der Waals surface area contributed by atoms with Gasteiger partial charge in [-0.3, -0.25) is 4.68 Å². The van der Waals surface area contributed by atoms with Crippen molar-refractivity contribution in [2.75, 3.05) is 5.73 Å². The number of nitrogens with zero attached hydrogens (tertiary/aromatic N) is 3. The molecule has 0 fully saturated rings. The molecule has 0 aliphatic heterocycles. The first-order chi connectivity index (χ1) is 5.47. The van der Waals surface area contributed by atoms with Gasteiger partial charge in [0.25, 0.3) is 0 Å². The fourth-order valence-corrected chi connectivity index (χ4v) is 0.844. The molecule has 0 radical (unpaired) electrons. The molecule has 0 spiro atoms. The summed E-state index contributed by atoms with van der Waals surface area (Å²) in [5.41, 5.74) is 5.74. The van der Waals surface area contributed by atoms with Gasteiger partial charge < -0.3 is 5.73 Å². The van der Waals surface area contributed by atoms with Crippen LogP contribution in [0.2, 0.25) is 0 Å². The average Bonchev–Trinajstić information content (AvgIpc) is 2.33. The lowest BCUT2D eigenvalue weighted by Crippen LogP contribution is -2.14. The molecule has 0 aliphatic rings. The third-order valence-corrected chi connectivity index (χ3v) is 1.84. The van der Waals surface area contributed by atoms with Crippen molar-refractivity contribution in [1.29, 1.82) is 5.26 Å². The lowest BCUT2D eigenvalue weighted by Gasteiger charge is -2.09. The molecule has 0 unspecified atom stereocenters. The van der Waals surface area contributed by atoms with Crippen molar-refractivity contribution in [3.05, 3.63) is 11.8 Å². The number of nitrogen functional groups attached to an aromatic ring is 1. The van der Waals surface area contributed by atoms with Crippen LogP contribution in [-0.2, 0) is 12.5 Å². The molecule has 0 atom stereocenters. The second-order valence-electron chi connectivity index (χ2n) is 3.31. The summed E-state index contributed by atoms with van der Waals surface area (Å²) in [6.07, 6.45) is 0. The molecule has 0 saturated carbocycles. The first kappa shape index (κ1) is 8.60. The van der Waals surface area contributed by atoms with Crippen LogP contribution >= 0.6 is 0 Å². The summed E-state index contributed by atoms with van der Waals surface area (Å²) in [4.78, 5) is 0. The molecule has 1 heterocycles. The Labute approximate surface area is 71.6 Å². The van der Waals surface area contributed by atoms with Crippen LogP contribution in [0, 0.1) is 11.3 Å². The van der Waals surface area contributed by atoms with E-state index in [1.807, 2.05) is 13.8 Å². The lowest BCUT2D eigenvalue weighted by atomic mass is 9.92. The van der Waals surface area contributed by atoms with Gasteiger partial charge in [-0.1, -0.05) is 0 Å². The largest absolute Gasteiger partial charge is 0.384 e. The molecular weight excluding hydrogens is 152 g/mol. The van der Waals surface area contributed by atoms with E-state index in [9.17, 15) is 0 Å². The Morgan fingerprint density at radius 3 is 2.58 bits per heavy atom. The SMILES string of the molecule is Cn1nc(C(C)(C)C#N)cc1N. The van der Waals surface area contributed by atoms with E-state index in [0.29, 0.717) is 11.5 Å². The maximum Gasteiger partial charge on any atom is 0.121 e. The van der Waals surface area contributed by atoms with Crippen LogP contribution in [-0.4, -0.2) is 9.78 Å². The fraction of sp³-hybridized carbons (Fsp3) is 0.500. The zero-order valence-corrected chi connectivity index (χ0v) is 7.50. The van der Waals surface area contributed by atoms with Gasteiger partial charge in [0.1, 0.15) is 5.82 Å². The zero-order valence-electron chi connectivity index (χ0n) is 7.50. The van der Waals surface area contributed by atoms with Crippen LogP contribution in [0.3, 0.4) is 0 Å². The number of nitrogens with two attached hydrogens (primary N) is 1. The molecule has 1 rings (SSSR count). The number of hydrogen-bond donors (Lipinski definition) is 1. The normalized spacial score (nSPS) is 11.2. The maximum absolute atomic E-state index is 8.81. The van der Waals surface area contributed by atoms with Crippen molar-refractivity contribution in [1.82, 2.24) is 9.78 Å². The molecule has 64 valence electrons. The molecule has 2 N–H and O–H groups in total. The van der Waals surface area contributed by atoms with Gasteiger partial charge in [0.2, 0.25) is 0 Å². The molecule has 4 nitrogen and oxygen atoms in total. The molecule has 0 aliphatic carbocycles. The van der Waals surface area contributed by atoms with Gasteiger partial charge in [-0.2, -0.15) is 10.4 Å². The van der Waals surface area contributed by atoms with E-state index in [2.05, 4.69) is 11.2 Å². The molecule has 4 heteroatoms. The van der Waals surface area contributed by atoms with E-state index in [4.69, 9.17) is 11.0 Å². The predicted molar refractivity (Wildman–Crippen MR) is 46.3 cm³/mol. The zero-order chi connectivity index (χ0) is 9.35. The van der Waals surface area contributed by atoms with Gasteiger partial charge in [0.15, 0.2) is 0 Å². The van der Waals surface area contributed by atoms with Crippen molar-refractivity contribution < 1.29 is 0 Å². The van der Waals surface area contributed by atoms with E-state index in [0.717, 1.165) is 0 Å². The maximum atomic E-state index is 8.81. The highest BCUT2D eigenvalue weighted by Crippen LogP contribution is 2.21. The van der Waals surface area contributed by atoms with Gasteiger partial charge in [0, 0.05) is 13.1 Å². The van der Waals surface area contributed by atoms with E-state index < -0.39 is 5.41 Å². The van der Waals surface area contributed by atoms with Crippen LogP contribution in [0.1, 0.15) is 19.5 Å². The average molecular weight is 164 g/mol. The topological polar surface area (TPSA) is 67.6 Å². The van der Waals surface area contributed by atoms with Crippen molar-refractivity contribution in [2.24, 2.45) is 7.05 Å². The third kappa shape index (κ3) is 1.26. The van der Waals surface area contributed by atoms with Crippen molar-refractivity contribution in [3.63, 3.8) is 0 Å². The molecule has 0 amide bonds. The molecule has 1 aromatic rings. The molecule has 0 saturated heterocycles. The van der Waals surface area contributed by atoms with Crippen LogP contribution in [0.5, 0.6) is 0 Å². The Kier molecular flexibility index (Phi) is 1.81. The van der Waals surface area contributed by atoms with Crippen LogP contribution in [0.4, 0.5) is 5.82 Å². The first-order valence-corrected chi connectivity index (χ1v) is 3.68. The van der Waals surface area contributed by atoms with E-state index in [1.165, 1.54) is 0 Å². The van der Waals surface area contributed by atoms with Crippen molar-refractivity contribution >= 4 is 5.82 Å². The summed E-state index contributed by atoms with van der Waals surface area (Å²) in [7, 11) is 1.76. The smallest absolute Gasteiger partial charge is 0.121 e. The number of hydrogen-bond acceptors (Lipinski definition) is 3. The highest BCUT2D eigenvalue weighted by Gasteiger charge is 2.23. The minimum absolute atomic E-state index is 0.560. The minimum Gasteiger partial charge on any atom is -0.384 e. The van der Waals surface area contributed by atoms with Gasteiger partial charge >= 0.3 is 0 Å². The molecular formula is C8H12N4. The Morgan fingerprint density at radius 2 is 2.25 bits per heavy atom. The summed E-state index contributed by atoms with van der Waals surface area (Å²) in [5, 5.41) is 12.9. The summed E-state index contributed by atoms with van der Waals surface area (Å²) in [6, 6.07) is 3.89. The molecule has 12 heavy (non-hydrogen) atoms. The van der Waals surface area contributed by atoms with E-state index >= 15 is 0 Å². The Bertz CT molecular complexity index is 310. The second kappa shape index (κ2) is 2.52. The molecule has 0 aromatic carbocycles. The summed E-state index contributed by atoms with van der Waals surface area (Å²) in [5.74, 6) is 0.577. The fourth-order valence-electron chi connectivity index (χ4n) is 0.844. The first-order valence-electron chi connectivity index (χ1n) is 3.68. The lowest BCUT2D eigenvalue weighted by molar-refractivity contribution is 0.629. The second-order valence-corrected chi connectivity index (χ2v) is 3.31. The van der Waals surface area contributed by atoms with Crippen LogP contribution in [0.25, 0.3) is 0 Å². The minimum atomic E-state index is -0.560. The standard InChI is InChI=1S/C8H12N4/c1-8(2,5-9)6-4-7(10)12(3)11-6/h4H,10H2,1-3H3. The highest BCUT2D eigenvalue weighted by molar-refractivity contribution is 5.36. The summed E-state index contributed by atoms with van der Waals surface area (Å²) in [6.45, 7) is 3.63. The number of aromatic nitrogens is 2. The van der Waals surface area contributed by atoms with Gasteiger partial charge in [-0.25, -0.2) is 0 Å². The number of nitriles is 1. The monoisotopic (exact) mass is 164 g/mol. The predicted octanol–water partition coefficient (Wildman–Crippen LogP) is 0.803. The molecule has 0 bridgehead atoms. The Balaban J connectivity index is 3.14. The van der Waals surface area contributed by atoms with Crippen LogP contribution in [0.15, 0.2) is 6.07 Å². The van der Waals surface area contributed by atoms with Crippen molar-refractivity contribution in [2.45, 2.75) is 19.3 Å². The van der Waals surface area contributed by atoms with Crippen molar-refractivity contribution in [3.8, 4) is 6.07 Å². The Hall–Kier alpha value is -1.50. The summed E-state index contributed by atoms with van der Waals surface area (Å²) >= 11 is 0. The third-order valence-electron chi connectivity index (χ3n) is 1.84. The van der Waals surface area contributed by atoms with E-state index in [-0.39, 0.29) is 0 Å². The Morgan fingerprint density at radius 1 is 1.67 bits per heavy atom. The van der Waals surface area contributed by atoms with Crippen LogP contribution < -0.4 is 5.73 Å². The number of rotatable bonds is 1. The van der Waals surface area contributed by atoms with Gasteiger partial charge in [-0.05, 0) is 13.8 Å².